The van der Waals surface area contributed by atoms with Crippen LogP contribution in [0.3, 0.4) is 0 Å². The van der Waals surface area contributed by atoms with E-state index in [0.717, 1.165) is 41.5 Å². The maximum absolute atomic E-state index is 11.9. The van der Waals surface area contributed by atoms with Crippen LogP contribution in [0, 0.1) is 0 Å². The van der Waals surface area contributed by atoms with E-state index in [1.807, 2.05) is 38.1 Å². The number of fused-ring (bicyclic) bond motifs is 3. The van der Waals surface area contributed by atoms with E-state index in [9.17, 15) is 4.79 Å². The summed E-state index contributed by atoms with van der Waals surface area (Å²) >= 11 is 0. The van der Waals surface area contributed by atoms with Crippen molar-refractivity contribution in [3.63, 3.8) is 0 Å². The lowest BCUT2D eigenvalue weighted by Crippen LogP contribution is -2.06. The Morgan fingerprint density at radius 3 is 2.90 bits per heavy atom. The van der Waals surface area contributed by atoms with Gasteiger partial charge in [0.1, 0.15) is 17.9 Å². The first kappa shape index (κ1) is 13.0. The Morgan fingerprint density at radius 2 is 2.10 bits per heavy atom. The van der Waals surface area contributed by atoms with Gasteiger partial charge < -0.3 is 9.15 Å². The van der Waals surface area contributed by atoms with E-state index in [4.69, 9.17) is 9.15 Å². The summed E-state index contributed by atoms with van der Waals surface area (Å²) in [5, 5.41) is 1.05. The van der Waals surface area contributed by atoms with E-state index in [2.05, 4.69) is 0 Å². The van der Waals surface area contributed by atoms with Gasteiger partial charge >= 0.3 is 5.63 Å². The molecule has 1 aromatic carbocycles. The molecule has 0 bridgehead atoms. The number of aryl methyl sites for hydroxylation is 1. The molecule has 0 unspecified atom stereocenters. The molecule has 3 heteroatoms. The largest absolute Gasteiger partial charge is 0.489 e. The molecule has 1 aliphatic rings. The van der Waals surface area contributed by atoms with Gasteiger partial charge in [0.2, 0.25) is 0 Å². The van der Waals surface area contributed by atoms with Gasteiger partial charge in [-0.15, -0.1) is 0 Å². The van der Waals surface area contributed by atoms with Crippen LogP contribution in [0.1, 0.15) is 31.4 Å². The molecule has 0 saturated carbocycles. The summed E-state index contributed by atoms with van der Waals surface area (Å²) in [6.45, 7) is 4.60. The van der Waals surface area contributed by atoms with Crippen LogP contribution < -0.4 is 10.4 Å². The molecule has 0 N–H and O–H groups in total. The second-order valence-corrected chi connectivity index (χ2v) is 5.45. The number of allylic oxidation sites excluding steroid dienone is 1. The Labute approximate surface area is 117 Å². The quantitative estimate of drug-likeness (QED) is 0.631. The van der Waals surface area contributed by atoms with Crippen molar-refractivity contribution in [2.24, 2.45) is 0 Å². The smallest absolute Gasteiger partial charge is 0.339 e. The fourth-order valence-electron chi connectivity index (χ4n) is 2.66. The molecule has 0 saturated heterocycles. The van der Waals surface area contributed by atoms with Crippen LogP contribution in [-0.2, 0) is 12.8 Å². The molecule has 1 aliphatic carbocycles. The molecular formula is C17H18O3. The summed E-state index contributed by atoms with van der Waals surface area (Å²) in [5.74, 6) is 0.732. The zero-order valence-corrected chi connectivity index (χ0v) is 11.9. The van der Waals surface area contributed by atoms with Crippen molar-refractivity contribution >= 4 is 11.0 Å². The first-order valence-corrected chi connectivity index (χ1v) is 7.00. The van der Waals surface area contributed by atoms with E-state index in [-0.39, 0.29) is 5.63 Å². The SMILES string of the molecule is CC(C)=CCOc1ccc2c3c(c(=O)oc2c1)CCC3. The van der Waals surface area contributed by atoms with Crippen LogP contribution in [0.4, 0.5) is 0 Å². The fourth-order valence-corrected chi connectivity index (χ4v) is 2.66. The molecule has 0 radical (unpaired) electrons. The molecule has 1 aromatic heterocycles. The highest BCUT2D eigenvalue weighted by molar-refractivity contribution is 5.83. The first-order valence-electron chi connectivity index (χ1n) is 7.00. The highest BCUT2D eigenvalue weighted by Crippen LogP contribution is 2.29. The fraction of sp³-hybridized carbons (Fsp3) is 0.353. The molecule has 0 spiro atoms. The normalized spacial score (nSPS) is 13.3. The van der Waals surface area contributed by atoms with E-state index < -0.39 is 0 Å². The molecule has 0 fully saturated rings. The highest BCUT2D eigenvalue weighted by Gasteiger charge is 2.19. The Hall–Kier alpha value is -2.03. The minimum absolute atomic E-state index is 0.188. The van der Waals surface area contributed by atoms with Gasteiger partial charge in [0.05, 0.1) is 0 Å². The predicted molar refractivity (Wildman–Crippen MR) is 79.4 cm³/mol. The van der Waals surface area contributed by atoms with E-state index in [1.54, 1.807) is 0 Å². The Balaban J connectivity index is 1.98. The lowest BCUT2D eigenvalue weighted by atomic mass is 10.1. The summed E-state index contributed by atoms with van der Waals surface area (Å²) in [4.78, 5) is 11.9. The zero-order chi connectivity index (χ0) is 14.1. The van der Waals surface area contributed by atoms with Gasteiger partial charge in [-0.25, -0.2) is 4.79 Å². The molecule has 0 amide bonds. The van der Waals surface area contributed by atoms with Crippen LogP contribution >= 0.6 is 0 Å². The van der Waals surface area contributed by atoms with E-state index in [0.29, 0.717) is 12.2 Å². The van der Waals surface area contributed by atoms with Crippen LogP contribution in [0.15, 0.2) is 39.1 Å². The Bertz CT molecular complexity index is 734. The third-order valence-electron chi connectivity index (χ3n) is 3.69. The topological polar surface area (TPSA) is 39.4 Å². The van der Waals surface area contributed by atoms with Crippen LogP contribution in [0.2, 0.25) is 0 Å². The minimum atomic E-state index is -0.188. The third kappa shape index (κ3) is 2.36. The van der Waals surface area contributed by atoms with Gasteiger partial charge in [-0.3, -0.25) is 0 Å². The van der Waals surface area contributed by atoms with Crippen molar-refractivity contribution < 1.29 is 9.15 Å². The third-order valence-corrected chi connectivity index (χ3v) is 3.69. The monoisotopic (exact) mass is 270 g/mol. The minimum Gasteiger partial charge on any atom is -0.489 e. The number of hydrogen-bond donors (Lipinski definition) is 0. The van der Waals surface area contributed by atoms with Crippen LogP contribution in [0.5, 0.6) is 5.75 Å². The average molecular weight is 270 g/mol. The summed E-state index contributed by atoms with van der Waals surface area (Å²) in [5.41, 5.74) is 3.68. The Kier molecular flexibility index (Phi) is 3.35. The summed E-state index contributed by atoms with van der Waals surface area (Å²) in [6, 6.07) is 5.76. The van der Waals surface area contributed by atoms with Gasteiger partial charge in [-0.1, -0.05) is 5.57 Å². The van der Waals surface area contributed by atoms with Crippen molar-refractivity contribution in [2.45, 2.75) is 33.1 Å². The second kappa shape index (κ2) is 5.16. The van der Waals surface area contributed by atoms with E-state index in [1.165, 1.54) is 5.57 Å². The lowest BCUT2D eigenvalue weighted by molar-refractivity contribution is 0.361. The van der Waals surface area contributed by atoms with Crippen molar-refractivity contribution in [3.8, 4) is 5.75 Å². The maximum atomic E-state index is 11.9. The maximum Gasteiger partial charge on any atom is 0.339 e. The molecular weight excluding hydrogens is 252 g/mol. The number of hydrogen-bond acceptors (Lipinski definition) is 3. The molecule has 1 heterocycles. The predicted octanol–water partition coefficient (Wildman–Crippen LogP) is 3.63. The summed E-state index contributed by atoms with van der Waals surface area (Å²) in [6.07, 6.45) is 4.86. The molecule has 20 heavy (non-hydrogen) atoms. The van der Waals surface area contributed by atoms with E-state index >= 15 is 0 Å². The molecule has 3 rings (SSSR count). The molecule has 3 nitrogen and oxygen atoms in total. The molecule has 104 valence electrons. The summed E-state index contributed by atoms with van der Waals surface area (Å²) < 4.78 is 11.1. The highest BCUT2D eigenvalue weighted by atomic mass is 16.5. The van der Waals surface area contributed by atoms with Gasteiger partial charge in [0, 0.05) is 17.0 Å². The van der Waals surface area contributed by atoms with Crippen molar-refractivity contribution in [1.29, 1.82) is 0 Å². The van der Waals surface area contributed by atoms with Crippen molar-refractivity contribution in [1.82, 2.24) is 0 Å². The Morgan fingerprint density at radius 1 is 1.30 bits per heavy atom. The lowest BCUT2D eigenvalue weighted by Gasteiger charge is -2.07. The van der Waals surface area contributed by atoms with Gasteiger partial charge in [0.25, 0.3) is 0 Å². The molecule has 0 atom stereocenters. The molecule has 2 aromatic rings. The van der Waals surface area contributed by atoms with Gasteiger partial charge in [-0.2, -0.15) is 0 Å². The van der Waals surface area contributed by atoms with Gasteiger partial charge in [-0.05, 0) is 56.9 Å². The summed E-state index contributed by atoms with van der Waals surface area (Å²) in [7, 11) is 0. The standard InChI is InChI=1S/C17H18O3/c1-11(2)8-9-19-12-6-7-14-13-4-3-5-15(13)17(18)20-16(14)10-12/h6-8,10H,3-5,9H2,1-2H3. The second-order valence-electron chi connectivity index (χ2n) is 5.45. The number of ether oxygens (including phenoxy) is 1. The van der Waals surface area contributed by atoms with Crippen LogP contribution in [-0.4, -0.2) is 6.61 Å². The average Bonchev–Trinajstić information content (AvgIpc) is 2.88. The van der Waals surface area contributed by atoms with Gasteiger partial charge in [0.15, 0.2) is 0 Å². The van der Waals surface area contributed by atoms with Crippen molar-refractivity contribution in [3.05, 3.63) is 51.4 Å². The van der Waals surface area contributed by atoms with Crippen molar-refractivity contribution in [2.75, 3.05) is 6.61 Å². The number of rotatable bonds is 3. The van der Waals surface area contributed by atoms with Crippen LogP contribution in [0.25, 0.3) is 11.0 Å². The first-order chi connectivity index (χ1) is 9.65. The number of benzene rings is 1. The zero-order valence-electron chi connectivity index (χ0n) is 11.9. The molecule has 0 aliphatic heterocycles.